The molecule has 0 spiro atoms. The molecule has 0 atom stereocenters. The molecule has 0 aliphatic rings. The summed E-state index contributed by atoms with van der Waals surface area (Å²) in [5.74, 6) is 0. The molecule has 0 saturated carbocycles. The van der Waals surface area contributed by atoms with Gasteiger partial charge in [0.1, 0.15) is 0 Å². The maximum atomic E-state index is 3.45. The molecule has 0 aromatic rings. The molecule has 0 aromatic heterocycles. The topological polar surface area (TPSA) is 0 Å². The molecule has 1 nitrogen and oxygen atoms in total. The first-order valence-electron chi connectivity index (χ1n) is 4.93. The Hall–Kier alpha value is 0.920. The van der Waals surface area contributed by atoms with Gasteiger partial charge in [0.25, 0.3) is 0 Å². The van der Waals surface area contributed by atoms with E-state index in [-0.39, 0.29) is 17.0 Å². The number of alkyl halides is 1. The molecule has 13 heavy (non-hydrogen) atoms. The second kappa shape index (κ2) is 9.47. The zero-order valence-corrected chi connectivity index (χ0v) is 12.3. The van der Waals surface area contributed by atoms with Crippen LogP contribution in [0.2, 0.25) is 0 Å². The van der Waals surface area contributed by atoms with Gasteiger partial charge in [0.2, 0.25) is 0 Å². The molecule has 0 unspecified atom stereocenters. The zero-order chi connectivity index (χ0) is 9.45. The van der Waals surface area contributed by atoms with Crippen molar-refractivity contribution < 1.29 is 21.5 Å². The van der Waals surface area contributed by atoms with Crippen LogP contribution < -0.4 is 17.0 Å². The van der Waals surface area contributed by atoms with E-state index < -0.39 is 0 Å². The fourth-order valence-electron chi connectivity index (χ4n) is 1.21. The number of quaternary nitrogens is 1. The van der Waals surface area contributed by atoms with Gasteiger partial charge in [0.15, 0.2) is 0 Å². The number of halogens is 2. The fourth-order valence-corrected chi connectivity index (χ4v) is 1.61. The monoisotopic (exact) mass is 315 g/mol. The SMILES string of the molecule is C[N+](C)(C)CCCCCCCBr.[Br-]. The highest BCUT2D eigenvalue weighted by molar-refractivity contribution is 9.09. The Morgan fingerprint density at radius 3 is 1.77 bits per heavy atom. The van der Waals surface area contributed by atoms with Crippen molar-refractivity contribution in [3.8, 4) is 0 Å². The molecule has 0 fully saturated rings. The van der Waals surface area contributed by atoms with E-state index in [1.807, 2.05) is 0 Å². The standard InChI is InChI=1S/C10H23BrN.BrH/c1-12(2,3)10-8-6-4-5-7-9-11;/h4-10H2,1-3H3;1H/q+1;/p-1. The van der Waals surface area contributed by atoms with E-state index in [9.17, 15) is 0 Å². The van der Waals surface area contributed by atoms with Crippen molar-refractivity contribution in [1.29, 1.82) is 0 Å². The minimum Gasteiger partial charge on any atom is -1.00 e. The Bertz CT molecular complexity index is 99.6. The minimum absolute atomic E-state index is 0. The van der Waals surface area contributed by atoms with Crippen molar-refractivity contribution in [1.82, 2.24) is 0 Å². The fraction of sp³-hybridized carbons (Fsp3) is 1.00. The van der Waals surface area contributed by atoms with Gasteiger partial charge in [0.05, 0.1) is 27.7 Å². The minimum atomic E-state index is 0. The highest BCUT2D eigenvalue weighted by Crippen LogP contribution is 2.06. The average molecular weight is 317 g/mol. The van der Waals surface area contributed by atoms with E-state index in [4.69, 9.17) is 0 Å². The number of rotatable bonds is 7. The molecule has 0 saturated heterocycles. The first-order valence-corrected chi connectivity index (χ1v) is 6.05. The van der Waals surface area contributed by atoms with Crippen LogP contribution in [0.3, 0.4) is 0 Å². The Labute approximate surface area is 102 Å². The average Bonchev–Trinajstić information content (AvgIpc) is 1.94. The molecule has 0 rings (SSSR count). The lowest BCUT2D eigenvalue weighted by Gasteiger charge is -2.23. The second-order valence-electron chi connectivity index (χ2n) is 4.47. The van der Waals surface area contributed by atoms with Crippen LogP contribution in [0.15, 0.2) is 0 Å². The van der Waals surface area contributed by atoms with Crippen LogP contribution in [0, 0.1) is 0 Å². The van der Waals surface area contributed by atoms with Gasteiger partial charge in [-0.05, 0) is 19.3 Å². The predicted molar refractivity (Wildman–Crippen MR) is 59.8 cm³/mol. The van der Waals surface area contributed by atoms with E-state index in [1.54, 1.807) is 0 Å². The Morgan fingerprint density at radius 2 is 1.31 bits per heavy atom. The molecule has 0 bridgehead atoms. The van der Waals surface area contributed by atoms with Crippen molar-refractivity contribution in [2.24, 2.45) is 0 Å². The van der Waals surface area contributed by atoms with Crippen LogP contribution in [0.1, 0.15) is 32.1 Å². The van der Waals surface area contributed by atoms with Gasteiger partial charge in [-0.1, -0.05) is 28.8 Å². The Balaban J connectivity index is 0. The van der Waals surface area contributed by atoms with Crippen LogP contribution >= 0.6 is 15.9 Å². The summed E-state index contributed by atoms with van der Waals surface area (Å²) in [7, 11) is 6.79. The number of nitrogens with zero attached hydrogens (tertiary/aromatic N) is 1. The van der Waals surface area contributed by atoms with Crippen molar-refractivity contribution in [3.63, 3.8) is 0 Å². The summed E-state index contributed by atoms with van der Waals surface area (Å²) in [6.45, 7) is 1.31. The molecule has 0 N–H and O–H groups in total. The number of hydrogen-bond acceptors (Lipinski definition) is 0. The van der Waals surface area contributed by atoms with Crippen LogP contribution in [0.25, 0.3) is 0 Å². The Morgan fingerprint density at radius 1 is 0.846 bits per heavy atom. The first kappa shape index (κ1) is 16.4. The quantitative estimate of drug-likeness (QED) is 0.353. The Kier molecular flexibility index (Phi) is 11.9. The van der Waals surface area contributed by atoms with Crippen LogP contribution in [0.4, 0.5) is 0 Å². The molecular weight excluding hydrogens is 294 g/mol. The van der Waals surface area contributed by atoms with Crippen molar-refractivity contribution in [3.05, 3.63) is 0 Å². The summed E-state index contributed by atoms with van der Waals surface area (Å²) >= 11 is 3.45. The molecule has 0 aromatic carbocycles. The number of hydrogen-bond donors (Lipinski definition) is 0. The van der Waals surface area contributed by atoms with Gasteiger partial charge in [-0.25, -0.2) is 0 Å². The normalized spacial score (nSPS) is 11.1. The first-order chi connectivity index (χ1) is 5.56. The lowest BCUT2D eigenvalue weighted by atomic mass is 10.1. The maximum absolute atomic E-state index is 3.45. The highest BCUT2D eigenvalue weighted by Gasteiger charge is 2.04. The van der Waals surface area contributed by atoms with Crippen LogP contribution in [-0.4, -0.2) is 37.5 Å². The molecule has 0 amide bonds. The van der Waals surface area contributed by atoms with Gasteiger partial charge in [-0.2, -0.15) is 0 Å². The second-order valence-corrected chi connectivity index (χ2v) is 5.26. The highest BCUT2D eigenvalue weighted by atomic mass is 79.9. The van der Waals surface area contributed by atoms with Crippen molar-refractivity contribution >= 4 is 15.9 Å². The van der Waals surface area contributed by atoms with E-state index in [2.05, 4.69) is 37.1 Å². The lowest BCUT2D eigenvalue weighted by molar-refractivity contribution is -0.870. The van der Waals surface area contributed by atoms with E-state index >= 15 is 0 Å². The third kappa shape index (κ3) is 15.7. The van der Waals surface area contributed by atoms with Crippen LogP contribution in [0.5, 0.6) is 0 Å². The maximum Gasteiger partial charge on any atom is 0.0780 e. The summed E-state index contributed by atoms with van der Waals surface area (Å²) in [4.78, 5) is 0. The third-order valence-electron chi connectivity index (χ3n) is 1.96. The smallest absolute Gasteiger partial charge is 0.0780 e. The predicted octanol–water partition coefficient (Wildman–Crippen LogP) is 0.0420. The molecule has 0 aliphatic heterocycles. The van der Waals surface area contributed by atoms with Gasteiger partial charge < -0.3 is 21.5 Å². The summed E-state index contributed by atoms with van der Waals surface area (Å²) in [6, 6.07) is 0. The molecule has 0 aliphatic carbocycles. The van der Waals surface area contributed by atoms with Crippen molar-refractivity contribution in [2.45, 2.75) is 32.1 Å². The molecule has 0 heterocycles. The molecular formula is C10H23Br2N. The number of unbranched alkanes of at least 4 members (excludes halogenated alkanes) is 4. The molecule has 82 valence electrons. The van der Waals surface area contributed by atoms with E-state index in [0.717, 1.165) is 4.48 Å². The van der Waals surface area contributed by atoms with Crippen molar-refractivity contribution in [2.75, 3.05) is 33.0 Å². The van der Waals surface area contributed by atoms with Crippen LogP contribution in [-0.2, 0) is 0 Å². The lowest BCUT2D eigenvalue weighted by Crippen LogP contribution is -3.00. The summed E-state index contributed by atoms with van der Waals surface area (Å²) in [6.07, 6.45) is 6.92. The third-order valence-corrected chi connectivity index (χ3v) is 2.52. The van der Waals surface area contributed by atoms with E-state index in [0.29, 0.717) is 0 Å². The summed E-state index contributed by atoms with van der Waals surface area (Å²) in [5, 5.41) is 1.17. The summed E-state index contributed by atoms with van der Waals surface area (Å²) in [5.41, 5.74) is 0. The molecule has 0 radical (unpaired) electrons. The zero-order valence-electron chi connectivity index (χ0n) is 9.15. The van der Waals surface area contributed by atoms with Gasteiger partial charge in [-0.3, -0.25) is 0 Å². The largest absolute Gasteiger partial charge is 1.00 e. The van der Waals surface area contributed by atoms with Gasteiger partial charge >= 0.3 is 0 Å². The van der Waals surface area contributed by atoms with E-state index in [1.165, 1.54) is 44.0 Å². The summed E-state index contributed by atoms with van der Waals surface area (Å²) < 4.78 is 1.11. The van der Waals surface area contributed by atoms with Gasteiger partial charge in [-0.15, -0.1) is 0 Å². The van der Waals surface area contributed by atoms with Gasteiger partial charge in [0, 0.05) is 5.33 Å². The molecule has 3 heteroatoms.